The zero-order valence-corrected chi connectivity index (χ0v) is 16.7. The van der Waals surface area contributed by atoms with Crippen molar-refractivity contribution in [2.24, 2.45) is 0 Å². The van der Waals surface area contributed by atoms with Crippen LogP contribution in [0.3, 0.4) is 0 Å². The summed E-state index contributed by atoms with van der Waals surface area (Å²) in [7, 11) is 0. The van der Waals surface area contributed by atoms with E-state index in [2.05, 4.69) is 15.5 Å². The molecule has 0 unspecified atom stereocenters. The third-order valence-electron chi connectivity index (χ3n) is 3.31. The van der Waals surface area contributed by atoms with Crippen LogP contribution < -0.4 is 10.1 Å². The number of anilines is 1. The molecule has 0 aliphatic carbocycles. The summed E-state index contributed by atoms with van der Waals surface area (Å²) >= 11 is 4.45. The first-order valence-corrected chi connectivity index (χ1v) is 10.7. The molecule has 0 saturated carbocycles. The van der Waals surface area contributed by atoms with E-state index < -0.39 is 0 Å². The number of hydrogen-bond acceptors (Lipinski definition) is 7. The predicted octanol–water partition coefficient (Wildman–Crippen LogP) is 5.17. The van der Waals surface area contributed by atoms with Crippen LogP contribution in [0.25, 0.3) is 0 Å². The second-order valence-corrected chi connectivity index (χ2v) is 8.85. The van der Waals surface area contributed by atoms with Crippen LogP contribution in [-0.4, -0.2) is 27.6 Å². The maximum Gasteiger partial charge on any atom is 0.237 e. The summed E-state index contributed by atoms with van der Waals surface area (Å²) in [6.45, 7) is 1.85. The summed E-state index contributed by atoms with van der Waals surface area (Å²) in [5.41, 5.74) is 0.727. The molecule has 3 aromatic rings. The normalized spacial score (nSPS) is 11.8. The maximum absolute atomic E-state index is 12.4. The van der Waals surface area contributed by atoms with Crippen molar-refractivity contribution in [3.8, 4) is 11.5 Å². The van der Waals surface area contributed by atoms with Crippen LogP contribution in [0.15, 0.2) is 63.3 Å². The molecular weight excluding hydrogens is 386 g/mol. The SMILES string of the molecule is CSc1nnc(S[C@@H](C)C(=O)Nc2ccc(Oc3ccccc3)cc2)s1. The molecule has 8 heteroatoms. The number of amides is 1. The Balaban J connectivity index is 1.55. The van der Waals surface area contributed by atoms with Gasteiger partial charge < -0.3 is 10.1 Å². The van der Waals surface area contributed by atoms with Gasteiger partial charge in [-0.05, 0) is 49.6 Å². The van der Waals surface area contributed by atoms with Crippen LogP contribution in [0.4, 0.5) is 5.69 Å². The lowest BCUT2D eigenvalue weighted by Crippen LogP contribution is -2.22. The van der Waals surface area contributed by atoms with E-state index in [4.69, 9.17) is 4.74 Å². The molecule has 0 aliphatic heterocycles. The van der Waals surface area contributed by atoms with E-state index in [0.29, 0.717) is 0 Å². The van der Waals surface area contributed by atoms with Crippen molar-refractivity contribution in [1.82, 2.24) is 10.2 Å². The highest BCUT2D eigenvalue weighted by atomic mass is 32.2. The van der Waals surface area contributed by atoms with E-state index >= 15 is 0 Å². The van der Waals surface area contributed by atoms with Gasteiger partial charge in [-0.3, -0.25) is 4.79 Å². The van der Waals surface area contributed by atoms with Crippen molar-refractivity contribution >= 4 is 46.5 Å². The second-order valence-electron chi connectivity index (χ2n) is 5.23. The van der Waals surface area contributed by atoms with Gasteiger partial charge in [0, 0.05) is 5.69 Å². The van der Waals surface area contributed by atoms with Gasteiger partial charge in [0.05, 0.1) is 5.25 Å². The van der Waals surface area contributed by atoms with Crippen LogP contribution in [0.5, 0.6) is 11.5 Å². The molecule has 1 N–H and O–H groups in total. The zero-order valence-electron chi connectivity index (χ0n) is 14.2. The first-order valence-electron chi connectivity index (χ1n) is 7.82. The lowest BCUT2D eigenvalue weighted by Gasteiger charge is -2.11. The lowest BCUT2D eigenvalue weighted by molar-refractivity contribution is -0.115. The quantitative estimate of drug-likeness (QED) is 0.549. The van der Waals surface area contributed by atoms with Crippen molar-refractivity contribution in [3.63, 3.8) is 0 Å². The number of ether oxygens (including phenoxy) is 1. The molecule has 1 amide bonds. The zero-order chi connectivity index (χ0) is 18.4. The number of hydrogen-bond donors (Lipinski definition) is 1. The summed E-state index contributed by atoms with van der Waals surface area (Å²) in [6, 6.07) is 16.9. The van der Waals surface area contributed by atoms with Gasteiger partial charge >= 0.3 is 0 Å². The van der Waals surface area contributed by atoms with Crippen LogP contribution in [0.2, 0.25) is 0 Å². The Labute approximate surface area is 164 Å². The van der Waals surface area contributed by atoms with E-state index in [1.165, 1.54) is 23.1 Å². The highest BCUT2D eigenvalue weighted by Gasteiger charge is 2.17. The summed E-state index contributed by atoms with van der Waals surface area (Å²) in [4.78, 5) is 12.4. The highest BCUT2D eigenvalue weighted by molar-refractivity contribution is 8.03. The van der Waals surface area contributed by atoms with Gasteiger partial charge in [0.1, 0.15) is 11.5 Å². The molecule has 2 aromatic carbocycles. The molecule has 0 fully saturated rings. The number of rotatable bonds is 7. The number of aromatic nitrogens is 2. The van der Waals surface area contributed by atoms with Gasteiger partial charge in [-0.1, -0.05) is 53.1 Å². The van der Waals surface area contributed by atoms with Crippen molar-refractivity contribution in [2.45, 2.75) is 20.9 Å². The first kappa shape index (κ1) is 18.8. The van der Waals surface area contributed by atoms with E-state index in [1.54, 1.807) is 11.8 Å². The van der Waals surface area contributed by atoms with Crippen LogP contribution in [0.1, 0.15) is 6.92 Å². The number of carbonyl (C=O) groups is 1. The third kappa shape index (κ3) is 5.23. The minimum Gasteiger partial charge on any atom is -0.457 e. The average Bonchev–Trinajstić information content (AvgIpc) is 3.11. The number of thioether (sulfide) groups is 2. The number of nitrogens with zero attached hydrogens (tertiary/aromatic N) is 2. The third-order valence-corrected chi connectivity index (χ3v) is 6.39. The van der Waals surface area contributed by atoms with E-state index in [0.717, 1.165) is 25.9 Å². The van der Waals surface area contributed by atoms with E-state index in [-0.39, 0.29) is 11.2 Å². The number of nitrogens with one attached hydrogen (secondary N) is 1. The fourth-order valence-electron chi connectivity index (χ4n) is 2.01. The minimum atomic E-state index is -0.266. The number of benzene rings is 2. The predicted molar refractivity (Wildman–Crippen MR) is 109 cm³/mol. The van der Waals surface area contributed by atoms with Gasteiger partial charge in [0.25, 0.3) is 0 Å². The monoisotopic (exact) mass is 403 g/mol. The molecule has 1 aromatic heterocycles. The standard InChI is InChI=1S/C18H17N3O2S3/c1-12(25-18-21-20-17(24-2)26-18)16(22)19-13-8-10-15(11-9-13)23-14-6-4-3-5-7-14/h3-12H,1-2H3,(H,19,22)/t12-/m0/s1. The molecule has 5 nitrogen and oxygen atoms in total. The molecule has 0 radical (unpaired) electrons. The Morgan fingerprint density at radius 3 is 2.35 bits per heavy atom. The van der Waals surface area contributed by atoms with Gasteiger partial charge in [-0.2, -0.15) is 0 Å². The summed E-state index contributed by atoms with van der Waals surface area (Å²) in [6.07, 6.45) is 1.95. The van der Waals surface area contributed by atoms with Gasteiger partial charge in [0.15, 0.2) is 8.68 Å². The van der Waals surface area contributed by atoms with E-state index in [1.807, 2.05) is 67.8 Å². The van der Waals surface area contributed by atoms with Crippen molar-refractivity contribution in [1.29, 1.82) is 0 Å². The molecule has 1 atom stereocenters. The molecule has 0 saturated heterocycles. The molecule has 0 bridgehead atoms. The molecule has 0 spiro atoms. The second kappa shape index (κ2) is 9.07. The Bertz CT molecular complexity index is 854. The largest absolute Gasteiger partial charge is 0.457 e. The fraction of sp³-hybridized carbons (Fsp3) is 0.167. The lowest BCUT2D eigenvalue weighted by atomic mass is 10.3. The minimum absolute atomic E-state index is 0.0763. The topological polar surface area (TPSA) is 64.1 Å². The highest BCUT2D eigenvalue weighted by Crippen LogP contribution is 2.30. The Kier molecular flexibility index (Phi) is 6.54. The average molecular weight is 404 g/mol. The van der Waals surface area contributed by atoms with Crippen LogP contribution in [-0.2, 0) is 4.79 Å². The van der Waals surface area contributed by atoms with Crippen LogP contribution >= 0.6 is 34.9 Å². The smallest absolute Gasteiger partial charge is 0.237 e. The molecule has 26 heavy (non-hydrogen) atoms. The van der Waals surface area contributed by atoms with Crippen LogP contribution in [0, 0.1) is 0 Å². The Morgan fingerprint density at radius 1 is 1.04 bits per heavy atom. The van der Waals surface area contributed by atoms with Crippen molar-refractivity contribution in [3.05, 3.63) is 54.6 Å². The molecule has 134 valence electrons. The summed E-state index contributed by atoms with van der Waals surface area (Å²) in [5.74, 6) is 1.42. The summed E-state index contributed by atoms with van der Waals surface area (Å²) < 4.78 is 7.44. The number of carbonyl (C=O) groups excluding carboxylic acids is 1. The molecule has 0 aliphatic rings. The van der Waals surface area contributed by atoms with Gasteiger partial charge in [-0.15, -0.1) is 10.2 Å². The Morgan fingerprint density at radius 2 is 1.69 bits per heavy atom. The van der Waals surface area contributed by atoms with Gasteiger partial charge in [-0.25, -0.2) is 0 Å². The van der Waals surface area contributed by atoms with Crippen molar-refractivity contribution in [2.75, 3.05) is 11.6 Å². The Hall–Kier alpha value is -2.03. The van der Waals surface area contributed by atoms with E-state index in [9.17, 15) is 4.79 Å². The first-order chi connectivity index (χ1) is 12.6. The molecule has 1 heterocycles. The van der Waals surface area contributed by atoms with Gasteiger partial charge in [0.2, 0.25) is 5.91 Å². The molecular formula is C18H17N3O2S3. The van der Waals surface area contributed by atoms with Crippen molar-refractivity contribution < 1.29 is 9.53 Å². The molecule has 3 rings (SSSR count). The number of para-hydroxylation sites is 1. The summed E-state index contributed by atoms with van der Waals surface area (Å²) in [5, 5.41) is 10.8. The fourth-order valence-corrected chi connectivity index (χ4v) is 4.59. The maximum atomic E-state index is 12.4.